The second-order valence-corrected chi connectivity index (χ2v) is 4.53. The minimum atomic E-state index is 0.827. The van der Waals surface area contributed by atoms with Crippen molar-refractivity contribution in [1.82, 2.24) is 9.78 Å². The number of fused-ring (bicyclic) bond motifs is 1. The zero-order valence-corrected chi connectivity index (χ0v) is 10.5. The van der Waals surface area contributed by atoms with Gasteiger partial charge in [0.15, 0.2) is 0 Å². The molecule has 0 saturated heterocycles. The Morgan fingerprint density at radius 3 is 2.61 bits per heavy atom. The second-order valence-electron chi connectivity index (χ2n) is 4.53. The van der Waals surface area contributed by atoms with E-state index < -0.39 is 0 Å². The first-order valence-electron chi connectivity index (χ1n) is 5.94. The highest BCUT2D eigenvalue weighted by Gasteiger charge is 2.09. The van der Waals surface area contributed by atoms with Gasteiger partial charge in [0.1, 0.15) is 0 Å². The summed E-state index contributed by atoms with van der Waals surface area (Å²) in [6, 6.07) is 12.3. The van der Waals surface area contributed by atoms with Crippen molar-refractivity contribution in [1.29, 1.82) is 0 Å². The summed E-state index contributed by atoms with van der Waals surface area (Å²) >= 11 is 0. The lowest BCUT2D eigenvalue weighted by atomic mass is 9.97. The molecule has 3 heteroatoms. The number of aryl methyl sites for hydroxylation is 1. The molecule has 0 unspecified atom stereocenters. The highest BCUT2D eigenvalue weighted by Crippen LogP contribution is 2.32. The fourth-order valence-electron chi connectivity index (χ4n) is 2.36. The fourth-order valence-corrected chi connectivity index (χ4v) is 2.36. The van der Waals surface area contributed by atoms with Crippen molar-refractivity contribution < 1.29 is 0 Å². The number of anilines is 1. The number of nitrogen functional groups attached to an aromatic ring is 1. The van der Waals surface area contributed by atoms with E-state index in [2.05, 4.69) is 36.3 Å². The van der Waals surface area contributed by atoms with Gasteiger partial charge in [0.25, 0.3) is 0 Å². The monoisotopic (exact) mass is 237 g/mol. The van der Waals surface area contributed by atoms with E-state index in [0.29, 0.717) is 0 Å². The van der Waals surface area contributed by atoms with Gasteiger partial charge < -0.3 is 5.73 Å². The molecule has 3 nitrogen and oxygen atoms in total. The Hall–Kier alpha value is -2.29. The topological polar surface area (TPSA) is 43.8 Å². The van der Waals surface area contributed by atoms with Crippen LogP contribution in [0.5, 0.6) is 0 Å². The van der Waals surface area contributed by atoms with E-state index in [-0.39, 0.29) is 0 Å². The molecule has 18 heavy (non-hydrogen) atoms. The first-order valence-corrected chi connectivity index (χ1v) is 5.94. The van der Waals surface area contributed by atoms with Crippen LogP contribution < -0.4 is 5.73 Å². The van der Waals surface area contributed by atoms with Crippen LogP contribution in [0.4, 0.5) is 5.69 Å². The normalized spacial score (nSPS) is 11.0. The van der Waals surface area contributed by atoms with Crippen LogP contribution in [0.25, 0.3) is 22.0 Å². The van der Waals surface area contributed by atoms with Crippen molar-refractivity contribution in [2.75, 3.05) is 5.73 Å². The summed E-state index contributed by atoms with van der Waals surface area (Å²) in [5, 5.41) is 5.48. The summed E-state index contributed by atoms with van der Waals surface area (Å²) in [5.41, 5.74) is 11.4. The highest BCUT2D eigenvalue weighted by atomic mass is 15.2. The number of benzene rings is 2. The molecular weight excluding hydrogens is 222 g/mol. The van der Waals surface area contributed by atoms with Gasteiger partial charge in [-0.15, -0.1) is 0 Å². The van der Waals surface area contributed by atoms with Crippen molar-refractivity contribution in [3.05, 3.63) is 48.2 Å². The van der Waals surface area contributed by atoms with E-state index in [1.807, 2.05) is 30.1 Å². The maximum absolute atomic E-state index is 5.99. The average Bonchev–Trinajstić information content (AvgIpc) is 2.75. The second kappa shape index (κ2) is 3.88. The summed E-state index contributed by atoms with van der Waals surface area (Å²) in [7, 11) is 1.96. The van der Waals surface area contributed by atoms with E-state index in [0.717, 1.165) is 22.2 Å². The maximum Gasteiger partial charge on any atom is 0.0685 e. The number of nitrogens with zero attached hydrogens (tertiary/aromatic N) is 2. The van der Waals surface area contributed by atoms with E-state index >= 15 is 0 Å². The number of aromatic nitrogens is 2. The van der Waals surface area contributed by atoms with E-state index in [9.17, 15) is 0 Å². The standard InChI is InChI=1S/C15H15N3/c1-10-11(5-3-7-14(10)16)12-6-4-8-15-13(12)9-17-18(15)2/h3-9H,16H2,1-2H3. The molecule has 1 aromatic heterocycles. The SMILES string of the molecule is Cc1c(N)cccc1-c1cccc2c1cnn2C. The van der Waals surface area contributed by atoms with Crippen LogP contribution in [0, 0.1) is 6.92 Å². The molecule has 3 rings (SSSR count). The van der Waals surface area contributed by atoms with Crippen molar-refractivity contribution in [3.63, 3.8) is 0 Å². The third-order valence-electron chi connectivity index (χ3n) is 3.46. The van der Waals surface area contributed by atoms with Gasteiger partial charge in [0.2, 0.25) is 0 Å². The molecule has 0 fully saturated rings. The highest BCUT2D eigenvalue weighted by molar-refractivity contribution is 5.96. The molecule has 0 amide bonds. The molecular formula is C15H15N3. The Bertz CT molecular complexity index is 726. The molecule has 0 aliphatic carbocycles. The Kier molecular flexibility index (Phi) is 2.33. The lowest BCUT2D eigenvalue weighted by Gasteiger charge is -2.09. The zero-order valence-electron chi connectivity index (χ0n) is 10.5. The molecule has 0 aliphatic rings. The lowest BCUT2D eigenvalue weighted by Crippen LogP contribution is -1.92. The number of hydrogen-bond acceptors (Lipinski definition) is 2. The summed E-state index contributed by atoms with van der Waals surface area (Å²) in [4.78, 5) is 0. The molecule has 2 N–H and O–H groups in total. The summed E-state index contributed by atoms with van der Waals surface area (Å²) in [5.74, 6) is 0. The van der Waals surface area contributed by atoms with Gasteiger partial charge >= 0.3 is 0 Å². The predicted octanol–water partition coefficient (Wildman–Crippen LogP) is 3.13. The molecule has 0 radical (unpaired) electrons. The van der Waals surface area contributed by atoms with Crippen LogP contribution in [-0.4, -0.2) is 9.78 Å². The van der Waals surface area contributed by atoms with Crippen LogP contribution in [0.15, 0.2) is 42.6 Å². The molecule has 90 valence electrons. The van der Waals surface area contributed by atoms with Gasteiger partial charge in [0.05, 0.1) is 11.7 Å². The predicted molar refractivity (Wildman–Crippen MR) is 75.3 cm³/mol. The van der Waals surface area contributed by atoms with Crippen molar-refractivity contribution >= 4 is 16.6 Å². The zero-order chi connectivity index (χ0) is 12.7. The van der Waals surface area contributed by atoms with Crippen molar-refractivity contribution in [3.8, 4) is 11.1 Å². The van der Waals surface area contributed by atoms with Crippen molar-refractivity contribution in [2.45, 2.75) is 6.92 Å². The molecule has 3 aromatic rings. The van der Waals surface area contributed by atoms with Crippen molar-refractivity contribution in [2.24, 2.45) is 7.05 Å². The Balaban J connectivity index is 2.35. The molecule has 0 atom stereocenters. The number of hydrogen-bond donors (Lipinski definition) is 1. The summed E-state index contributed by atoms with van der Waals surface area (Å²) < 4.78 is 1.89. The minimum absolute atomic E-state index is 0.827. The van der Waals surface area contributed by atoms with Crippen LogP contribution in [0.2, 0.25) is 0 Å². The van der Waals surface area contributed by atoms with Gasteiger partial charge in [-0.25, -0.2) is 0 Å². The molecule has 0 aliphatic heterocycles. The van der Waals surface area contributed by atoms with Crippen LogP contribution in [0.3, 0.4) is 0 Å². The first-order chi connectivity index (χ1) is 8.68. The average molecular weight is 237 g/mol. The van der Waals surface area contributed by atoms with Crippen LogP contribution >= 0.6 is 0 Å². The molecule has 0 saturated carbocycles. The Morgan fingerprint density at radius 2 is 1.78 bits per heavy atom. The summed E-state index contributed by atoms with van der Waals surface area (Å²) in [6.07, 6.45) is 1.91. The lowest BCUT2D eigenvalue weighted by molar-refractivity contribution is 0.797. The van der Waals surface area contributed by atoms with E-state index in [1.165, 1.54) is 11.1 Å². The number of nitrogens with two attached hydrogens (primary N) is 1. The van der Waals surface area contributed by atoms with Gasteiger partial charge in [-0.2, -0.15) is 5.10 Å². The third kappa shape index (κ3) is 1.48. The van der Waals surface area contributed by atoms with Crippen LogP contribution in [0.1, 0.15) is 5.56 Å². The quantitative estimate of drug-likeness (QED) is 0.661. The molecule has 0 bridgehead atoms. The third-order valence-corrected chi connectivity index (χ3v) is 3.46. The minimum Gasteiger partial charge on any atom is -0.398 e. The van der Waals surface area contributed by atoms with E-state index in [1.54, 1.807) is 0 Å². The molecule has 2 aromatic carbocycles. The largest absolute Gasteiger partial charge is 0.398 e. The Labute approximate surface area is 106 Å². The van der Waals surface area contributed by atoms with Gasteiger partial charge in [-0.1, -0.05) is 24.3 Å². The maximum atomic E-state index is 5.99. The van der Waals surface area contributed by atoms with Gasteiger partial charge in [-0.3, -0.25) is 4.68 Å². The molecule has 1 heterocycles. The Morgan fingerprint density at radius 1 is 1.06 bits per heavy atom. The van der Waals surface area contributed by atoms with Crippen LogP contribution in [-0.2, 0) is 7.05 Å². The molecule has 0 spiro atoms. The van der Waals surface area contributed by atoms with E-state index in [4.69, 9.17) is 5.73 Å². The smallest absolute Gasteiger partial charge is 0.0685 e. The number of rotatable bonds is 1. The van der Waals surface area contributed by atoms with Gasteiger partial charge in [-0.05, 0) is 35.7 Å². The first kappa shape index (κ1) is 10.8. The van der Waals surface area contributed by atoms with Gasteiger partial charge in [0, 0.05) is 18.1 Å². The fraction of sp³-hybridized carbons (Fsp3) is 0.133. The summed E-state index contributed by atoms with van der Waals surface area (Å²) in [6.45, 7) is 2.06.